The lowest BCUT2D eigenvalue weighted by Crippen LogP contribution is -2.45. The first-order valence-corrected chi connectivity index (χ1v) is 9.75. The summed E-state index contributed by atoms with van der Waals surface area (Å²) < 4.78 is 7.90. The summed E-state index contributed by atoms with van der Waals surface area (Å²) in [7, 11) is 1.78. The fourth-order valence-corrected chi connectivity index (χ4v) is 3.19. The number of hydrogen-bond acceptors (Lipinski definition) is 4. The van der Waals surface area contributed by atoms with E-state index in [0.717, 1.165) is 31.0 Å². The summed E-state index contributed by atoms with van der Waals surface area (Å²) in [5, 5.41) is 11.6. The fraction of sp³-hybridized carbons (Fsp3) is 0.650. The van der Waals surface area contributed by atoms with Crippen LogP contribution in [-0.4, -0.2) is 33.8 Å². The molecule has 3 rings (SSSR count). The number of hydrogen-bond donors (Lipinski definition) is 2. The highest BCUT2D eigenvalue weighted by molar-refractivity contribution is 14.0. The second-order valence-electron chi connectivity index (χ2n) is 8.55. The molecule has 0 saturated carbocycles. The van der Waals surface area contributed by atoms with Crippen molar-refractivity contribution in [2.75, 3.05) is 7.05 Å². The Morgan fingerprint density at radius 2 is 2.14 bits per heavy atom. The number of aryl methyl sites for hydroxylation is 1. The average molecular weight is 500 g/mol. The Kier molecular flexibility index (Phi) is 7.52. The second-order valence-corrected chi connectivity index (χ2v) is 8.55. The van der Waals surface area contributed by atoms with Crippen molar-refractivity contribution < 1.29 is 4.42 Å². The largest absolute Gasteiger partial charge is 0.443 e. The molecule has 1 atom stereocenters. The number of aliphatic imine (C=N–C) groups is 1. The van der Waals surface area contributed by atoms with Crippen LogP contribution in [0, 0.1) is 0 Å². The van der Waals surface area contributed by atoms with E-state index in [9.17, 15) is 0 Å². The van der Waals surface area contributed by atoms with Gasteiger partial charge in [-0.1, -0.05) is 20.8 Å². The smallest absolute Gasteiger partial charge is 0.213 e. The summed E-state index contributed by atoms with van der Waals surface area (Å²) >= 11 is 0. The van der Waals surface area contributed by atoms with Crippen LogP contribution in [-0.2, 0) is 24.8 Å². The van der Waals surface area contributed by atoms with E-state index >= 15 is 0 Å². The highest BCUT2D eigenvalue weighted by Gasteiger charge is 2.23. The minimum atomic E-state index is -0.0373. The second kappa shape index (κ2) is 9.28. The standard InChI is InChI=1S/C20H32N6O.HI/c1-13(2)26-12-14-7-8-15(9-16(14)25-26)24-19(21-6)23-11-18-22-10-17(27-18)20(3,4)5;/h10,12-13,15H,7-9,11H2,1-6H3,(H2,21,23,24);1H. The van der Waals surface area contributed by atoms with Crippen molar-refractivity contribution in [3.8, 4) is 0 Å². The quantitative estimate of drug-likeness (QED) is 0.381. The number of nitrogens with one attached hydrogen (secondary N) is 2. The molecule has 2 aromatic heterocycles. The van der Waals surface area contributed by atoms with Gasteiger partial charge in [0.2, 0.25) is 5.89 Å². The van der Waals surface area contributed by atoms with Crippen LogP contribution >= 0.6 is 24.0 Å². The minimum absolute atomic E-state index is 0. The van der Waals surface area contributed by atoms with Crippen LogP contribution in [0.5, 0.6) is 0 Å². The molecule has 2 aromatic rings. The lowest BCUT2D eigenvalue weighted by molar-refractivity contribution is 0.379. The molecule has 0 aromatic carbocycles. The maximum Gasteiger partial charge on any atom is 0.213 e. The van der Waals surface area contributed by atoms with E-state index in [1.807, 2.05) is 0 Å². The Bertz CT molecular complexity index is 802. The van der Waals surface area contributed by atoms with Crippen molar-refractivity contribution in [2.45, 2.75) is 77.9 Å². The molecule has 1 unspecified atom stereocenters. The highest BCUT2D eigenvalue weighted by atomic mass is 127. The number of guanidine groups is 1. The molecule has 156 valence electrons. The number of halogens is 1. The van der Waals surface area contributed by atoms with Gasteiger partial charge in [-0.05, 0) is 32.3 Å². The van der Waals surface area contributed by atoms with Gasteiger partial charge in [-0.25, -0.2) is 4.98 Å². The Hall–Kier alpha value is -1.58. The zero-order valence-corrected chi connectivity index (χ0v) is 20.1. The van der Waals surface area contributed by atoms with Gasteiger partial charge in [0.15, 0.2) is 5.96 Å². The van der Waals surface area contributed by atoms with Gasteiger partial charge in [-0.3, -0.25) is 9.67 Å². The molecule has 0 amide bonds. The zero-order chi connectivity index (χ0) is 19.6. The van der Waals surface area contributed by atoms with Crippen LogP contribution in [0.4, 0.5) is 0 Å². The van der Waals surface area contributed by atoms with E-state index in [2.05, 4.69) is 66.1 Å². The first-order valence-electron chi connectivity index (χ1n) is 9.75. The Labute approximate surface area is 184 Å². The van der Waals surface area contributed by atoms with Gasteiger partial charge in [-0.15, -0.1) is 24.0 Å². The molecule has 0 aliphatic heterocycles. The molecule has 2 N–H and O–H groups in total. The third kappa shape index (κ3) is 5.48. The number of oxazole rings is 1. The molecule has 0 radical (unpaired) electrons. The topological polar surface area (TPSA) is 80.3 Å². The third-order valence-corrected chi connectivity index (χ3v) is 4.89. The molecule has 1 aliphatic carbocycles. The molecule has 28 heavy (non-hydrogen) atoms. The summed E-state index contributed by atoms with van der Waals surface area (Å²) in [6.07, 6.45) is 7.04. The Morgan fingerprint density at radius 3 is 2.75 bits per heavy atom. The normalized spacial score (nSPS) is 17.2. The van der Waals surface area contributed by atoms with Crippen molar-refractivity contribution in [3.63, 3.8) is 0 Å². The predicted octanol–water partition coefficient (Wildman–Crippen LogP) is 3.59. The number of nitrogens with zero attached hydrogens (tertiary/aromatic N) is 4. The minimum Gasteiger partial charge on any atom is -0.443 e. The van der Waals surface area contributed by atoms with Crippen LogP contribution in [0.2, 0.25) is 0 Å². The summed E-state index contributed by atoms with van der Waals surface area (Å²) in [5.41, 5.74) is 2.54. The molecule has 0 spiro atoms. The van der Waals surface area contributed by atoms with Gasteiger partial charge < -0.3 is 15.1 Å². The summed E-state index contributed by atoms with van der Waals surface area (Å²) in [5.74, 6) is 2.33. The fourth-order valence-electron chi connectivity index (χ4n) is 3.19. The van der Waals surface area contributed by atoms with E-state index < -0.39 is 0 Å². The molecule has 7 nitrogen and oxygen atoms in total. The number of rotatable bonds is 4. The van der Waals surface area contributed by atoms with Crippen molar-refractivity contribution in [1.82, 2.24) is 25.4 Å². The van der Waals surface area contributed by atoms with Crippen molar-refractivity contribution in [2.24, 2.45) is 4.99 Å². The number of aromatic nitrogens is 3. The molecule has 0 bridgehead atoms. The lowest BCUT2D eigenvalue weighted by atomic mass is 9.94. The van der Waals surface area contributed by atoms with Crippen molar-refractivity contribution >= 4 is 29.9 Å². The van der Waals surface area contributed by atoms with Crippen LogP contribution in [0.3, 0.4) is 0 Å². The Morgan fingerprint density at radius 1 is 1.39 bits per heavy atom. The van der Waals surface area contributed by atoms with Crippen LogP contribution in [0.1, 0.15) is 70.0 Å². The van der Waals surface area contributed by atoms with Gasteiger partial charge in [0.05, 0.1) is 18.4 Å². The van der Waals surface area contributed by atoms with Crippen molar-refractivity contribution in [1.29, 1.82) is 0 Å². The highest BCUT2D eigenvalue weighted by Crippen LogP contribution is 2.23. The van der Waals surface area contributed by atoms with Crippen molar-refractivity contribution in [3.05, 3.63) is 35.3 Å². The molecule has 2 heterocycles. The zero-order valence-electron chi connectivity index (χ0n) is 17.7. The summed E-state index contributed by atoms with van der Waals surface area (Å²) in [4.78, 5) is 8.70. The number of fused-ring (bicyclic) bond motifs is 1. The van der Waals surface area contributed by atoms with Gasteiger partial charge in [-0.2, -0.15) is 5.10 Å². The van der Waals surface area contributed by atoms with Gasteiger partial charge in [0, 0.05) is 37.2 Å². The van der Waals surface area contributed by atoms with Crippen LogP contribution < -0.4 is 10.6 Å². The maximum atomic E-state index is 5.84. The summed E-state index contributed by atoms with van der Waals surface area (Å²) in [6, 6.07) is 0.726. The van der Waals surface area contributed by atoms with Gasteiger partial charge in [0.1, 0.15) is 5.76 Å². The molecular formula is C20H33IN6O. The molecule has 8 heteroatoms. The maximum absolute atomic E-state index is 5.84. The van der Waals surface area contributed by atoms with E-state index in [-0.39, 0.29) is 29.4 Å². The monoisotopic (exact) mass is 500 g/mol. The molecule has 0 fully saturated rings. The van der Waals surface area contributed by atoms with E-state index in [0.29, 0.717) is 24.5 Å². The molecule has 1 aliphatic rings. The first kappa shape index (κ1) is 22.7. The predicted molar refractivity (Wildman–Crippen MR) is 122 cm³/mol. The lowest BCUT2D eigenvalue weighted by Gasteiger charge is -2.24. The SMILES string of the molecule is CN=C(NCc1ncc(C(C)(C)C)o1)NC1CCc2cn(C(C)C)nc2C1.I. The first-order chi connectivity index (χ1) is 12.8. The van der Waals surface area contributed by atoms with Gasteiger partial charge >= 0.3 is 0 Å². The van der Waals surface area contributed by atoms with Crippen LogP contribution in [0.25, 0.3) is 0 Å². The average Bonchev–Trinajstić information content (AvgIpc) is 3.24. The third-order valence-electron chi connectivity index (χ3n) is 4.89. The Balaban J connectivity index is 0.00000280. The van der Waals surface area contributed by atoms with Crippen LogP contribution in [0.15, 0.2) is 21.8 Å². The molecular weight excluding hydrogens is 467 g/mol. The van der Waals surface area contributed by atoms with E-state index in [1.54, 1.807) is 13.2 Å². The van der Waals surface area contributed by atoms with Gasteiger partial charge in [0.25, 0.3) is 0 Å². The molecule has 0 saturated heterocycles. The summed E-state index contributed by atoms with van der Waals surface area (Å²) in [6.45, 7) is 11.2. The van der Waals surface area contributed by atoms with E-state index in [4.69, 9.17) is 9.52 Å². The van der Waals surface area contributed by atoms with E-state index in [1.165, 1.54) is 11.3 Å².